The molecule has 0 bridgehead atoms. The SMILES string of the molecule is CC1CCCCC1CN1CCN(C2CNNC(=O)C2C(F)(F)F)CC1=O. The highest BCUT2D eigenvalue weighted by atomic mass is 19.4. The van der Waals surface area contributed by atoms with Gasteiger partial charge < -0.3 is 4.90 Å². The Labute approximate surface area is 151 Å². The Morgan fingerprint density at radius 1 is 1.15 bits per heavy atom. The van der Waals surface area contributed by atoms with Gasteiger partial charge in [0.15, 0.2) is 5.92 Å². The molecule has 9 heteroatoms. The first-order valence-electron chi connectivity index (χ1n) is 9.38. The van der Waals surface area contributed by atoms with Crippen LogP contribution in [0.4, 0.5) is 13.2 Å². The zero-order chi connectivity index (χ0) is 18.9. The molecule has 148 valence electrons. The van der Waals surface area contributed by atoms with Gasteiger partial charge in [0.05, 0.1) is 6.54 Å². The van der Waals surface area contributed by atoms with Crippen molar-refractivity contribution in [1.82, 2.24) is 20.7 Å². The highest BCUT2D eigenvalue weighted by Crippen LogP contribution is 2.34. The van der Waals surface area contributed by atoms with Crippen molar-refractivity contribution in [2.45, 2.75) is 44.8 Å². The number of amides is 2. The minimum absolute atomic E-state index is 0.0249. The third kappa shape index (κ3) is 4.14. The quantitative estimate of drug-likeness (QED) is 0.775. The van der Waals surface area contributed by atoms with Crippen LogP contribution in [0, 0.1) is 17.8 Å². The predicted molar refractivity (Wildman–Crippen MR) is 88.8 cm³/mol. The van der Waals surface area contributed by atoms with Crippen LogP contribution in [-0.4, -0.2) is 66.6 Å². The fourth-order valence-electron chi connectivity index (χ4n) is 4.47. The first kappa shape index (κ1) is 19.4. The van der Waals surface area contributed by atoms with Crippen molar-refractivity contribution < 1.29 is 22.8 Å². The molecule has 1 aliphatic carbocycles. The highest BCUT2D eigenvalue weighted by Gasteiger charge is 2.53. The van der Waals surface area contributed by atoms with Crippen LogP contribution in [0.2, 0.25) is 0 Å². The molecule has 0 radical (unpaired) electrons. The van der Waals surface area contributed by atoms with E-state index in [-0.39, 0.29) is 19.0 Å². The van der Waals surface area contributed by atoms with E-state index in [1.54, 1.807) is 4.90 Å². The lowest BCUT2D eigenvalue weighted by Crippen LogP contribution is -2.67. The third-order valence-electron chi connectivity index (χ3n) is 6.10. The molecule has 0 aromatic rings. The van der Waals surface area contributed by atoms with Crippen molar-refractivity contribution in [2.75, 3.05) is 32.7 Å². The number of carbonyl (C=O) groups excluding carboxylic acids is 2. The molecule has 2 saturated heterocycles. The molecule has 4 unspecified atom stereocenters. The van der Waals surface area contributed by atoms with Gasteiger partial charge in [0.2, 0.25) is 11.8 Å². The Bertz CT molecular complexity index is 543. The Hall–Kier alpha value is -1.35. The van der Waals surface area contributed by atoms with Crippen molar-refractivity contribution >= 4 is 11.8 Å². The van der Waals surface area contributed by atoms with E-state index in [2.05, 4.69) is 17.8 Å². The largest absolute Gasteiger partial charge is 0.402 e. The number of nitrogens with one attached hydrogen (secondary N) is 2. The van der Waals surface area contributed by atoms with Gasteiger partial charge in [0.25, 0.3) is 0 Å². The van der Waals surface area contributed by atoms with Crippen LogP contribution in [0.1, 0.15) is 32.6 Å². The van der Waals surface area contributed by atoms with E-state index in [0.717, 1.165) is 6.42 Å². The van der Waals surface area contributed by atoms with E-state index in [1.807, 2.05) is 0 Å². The van der Waals surface area contributed by atoms with E-state index in [4.69, 9.17) is 0 Å². The van der Waals surface area contributed by atoms with Crippen LogP contribution in [-0.2, 0) is 9.59 Å². The first-order valence-corrected chi connectivity index (χ1v) is 9.38. The molecule has 1 saturated carbocycles. The molecule has 2 amide bonds. The Balaban J connectivity index is 1.62. The summed E-state index contributed by atoms with van der Waals surface area (Å²) in [6.07, 6.45) is 0.0648. The number of carbonyl (C=O) groups is 2. The van der Waals surface area contributed by atoms with Gasteiger partial charge in [-0.2, -0.15) is 13.2 Å². The van der Waals surface area contributed by atoms with Crippen molar-refractivity contribution in [3.8, 4) is 0 Å². The van der Waals surface area contributed by atoms with Crippen molar-refractivity contribution in [1.29, 1.82) is 0 Å². The van der Waals surface area contributed by atoms with Gasteiger partial charge in [-0.05, 0) is 18.3 Å². The summed E-state index contributed by atoms with van der Waals surface area (Å²) in [7, 11) is 0. The number of hydrogen-bond donors (Lipinski definition) is 2. The second kappa shape index (κ2) is 7.72. The lowest BCUT2D eigenvalue weighted by atomic mass is 9.80. The topological polar surface area (TPSA) is 64.7 Å². The summed E-state index contributed by atoms with van der Waals surface area (Å²) in [5, 5.41) is 0. The zero-order valence-corrected chi connectivity index (χ0v) is 15.0. The molecule has 3 fully saturated rings. The van der Waals surface area contributed by atoms with Crippen LogP contribution in [0.25, 0.3) is 0 Å². The van der Waals surface area contributed by atoms with Gasteiger partial charge in [-0.1, -0.05) is 26.2 Å². The highest BCUT2D eigenvalue weighted by molar-refractivity contribution is 5.81. The molecule has 2 heterocycles. The molecule has 26 heavy (non-hydrogen) atoms. The lowest BCUT2D eigenvalue weighted by Gasteiger charge is -2.44. The van der Waals surface area contributed by atoms with Crippen molar-refractivity contribution in [3.05, 3.63) is 0 Å². The molecule has 2 aliphatic heterocycles. The molecular weight excluding hydrogens is 349 g/mol. The van der Waals surface area contributed by atoms with Crippen molar-refractivity contribution in [3.63, 3.8) is 0 Å². The van der Waals surface area contributed by atoms with Crippen LogP contribution in [0.3, 0.4) is 0 Å². The van der Waals surface area contributed by atoms with E-state index >= 15 is 0 Å². The summed E-state index contributed by atoms with van der Waals surface area (Å²) in [4.78, 5) is 27.6. The number of rotatable bonds is 3. The number of hydrazine groups is 1. The smallest absolute Gasteiger partial charge is 0.340 e. The monoisotopic (exact) mass is 376 g/mol. The maximum Gasteiger partial charge on any atom is 0.402 e. The van der Waals surface area contributed by atoms with E-state index < -0.39 is 24.0 Å². The van der Waals surface area contributed by atoms with Gasteiger partial charge in [-0.3, -0.25) is 19.9 Å². The summed E-state index contributed by atoms with van der Waals surface area (Å²) >= 11 is 0. The summed E-state index contributed by atoms with van der Waals surface area (Å²) in [5.74, 6) is -2.28. The predicted octanol–water partition coefficient (Wildman–Crippen LogP) is 1.14. The molecule has 4 atom stereocenters. The van der Waals surface area contributed by atoms with Crippen LogP contribution in [0.15, 0.2) is 0 Å². The zero-order valence-electron chi connectivity index (χ0n) is 15.0. The maximum absolute atomic E-state index is 13.3. The minimum Gasteiger partial charge on any atom is -0.340 e. The summed E-state index contributed by atoms with van der Waals surface area (Å²) < 4.78 is 39.9. The number of nitrogens with zero attached hydrogens (tertiary/aromatic N) is 2. The van der Waals surface area contributed by atoms with Gasteiger partial charge >= 0.3 is 6.18 Å². The first-order chi connectivity index (χ1) is 12.3. The Morgan fingerprint density at radius 2 is 1.88 bits per heavy atom. The number of piperazine rings is 1. The van der Waals surface area contributed by atoms with E-state index in [0.29, 0.717) is 31.5 Å². The number of hydrogen-bond acceptors (Lipinski definition) is 4. The van der Waals surface area contributed by atoms with E-state index in [1.165, 1.54) is 24.2 Å². The molecule has 6 nitrogen and oxygen atoms in total. The van der Waals surface area contributed by atoms with Crippen LogP contribution >= 0.6 is 0 Å². The molecule has 0 aromatic carbocycles. The molecule has 0 spiro atoms. The normalized spacial score (nSPS) is 34.7. The van der Waals surface area contributed by atoms with E-state index in [9.17, 15) is 22.8 Å². The summed E-state index contributed by atoms with van der Waals surface area (Å²) in [6.45, 7) is 3.60. The third-order valence-corrected chi connectivity index (χ3v) is 6.10. The maximum atomic E-state index is 13.3. The Kier molecular flexibility index (Phi) is 5.76. The van der Waals surface area contributed by atoms with Gasteiger partial charge in [-0.25, -0.2) is 5.43 Å². The number of halogens is 3. The molecule has 3 rings (SSSR count). The molecule has 2 N–H and O–H groups in total. The van der Waals surface area contributed by atoms with Crippen LogP contribution in [0.5, 0.6) is 0 Å². The lowest BCUT2D eigenvalue weighted by molar-refractivity contribution is -0.202. The standard InChI is InChI=1S/C17H27F3N4O2/c1-11-4-2-3-5-12(11)9-24-7-6-23(10-14(24)25)13-8-21-22-16(26)15(13)17(18,19)20/h11-13,15,21H,2-10H2,1H3,(H,22,26). The number of alkyl halides is 3. The average molecular weight is 376 g/mol. The van der Waals surface area contributed by atoms with Gasteiger partial charge in [0, 0.05) is 32.2 Å². The second-order valence-electron chi connectivity index (χ2n) is 7.79. The average Bonchev–Trinajstić information content (AvgIpc) is 2.57. The molecular formula is C17H27F3N4O2. The van der Waals surface area contributed by atoms with Gasteiger partial charge in [0.1, 0.15) is 0 Å². The second-order valence-corrected chi connectivity index (χ2v) is 7.79. The summed E-state index contributed by atoms with van der Waals surface area (Å²) in [5.41, 5.74) is 4.57. The summed E-state index contributed by atoms with van der Waals surface area (Å²) in [6, 6.07) is -1.05. The fraction of sp³-hybridized carbons (Fsp3) is 0.882. The van der Waals surface area contributed by atoms with Gasteiger partial charge in [-0.15, -0.1) is 0 Å². The Morgan fingerprint density at radius 3 is 2.54 bits per heavy atom. The van der Waals surface area contributed by atoms with Crippen molar-refractivity contribution in [2.24, 2.45) is 17.8 Å². The molecule has 0 aromatic heterocycles. The minimum atomic E-state index is -4.63. The van der Waals surface area contributed by atoms with Crippen LogP contribution < -0.4 is 10.9 Å². The fourth-order valence-corrected chi connectivity index (χ4v) is 4.47. The molecule has 3 aliphatic rings.